The van der Waals surface area contributed by atoms with Crippen LogP contribution in [0.25, 0.3) is 11.0 Å². The molecule has 216 valence electrons. The molecule has 0 spiro atoms. The summed E-state index contributed by atoms with van der Waals surface area (Å²) >= 11 is 1.40. The molecule has 1 aliphatic heterocycles. The summed E-state index contributed by atoms with van der Waals surface area (Å²) in [4.78, 5) is 12.9. The zero-order valence-corrected chi connectivity index (χ0v) is 24.4. The lowest BCUT2D eigenvalue weighted by molar-refractivity contribution is 0.0532. The Labute approximate surface area is 238 Å². The van der Waals surface area contributed by atoms with Crippen LogP contribution in [-0.2, 0) is 17.7 Å². The summed E-state index contributed by atoms with van der Waals surface area (Å²) in [6.07, 6.45) is 2.46. The molecule has 0 saturated heterocycles. The molecule has 12 heteroatoms. The van der Waals surface area contributed by atoms with Gasteiger partial charge in [-0.1, -0.05) is 18.1 Å². The molecule has 2 heterocycles. The van der Waals surface area contributed by atoms with Crippen molar-refractivity contribution in [1.29, 1.82) is 0 Å². The Morgan fingerprint density at radius 3 is 2.77 bits per heavy atom. The maximum absolute atomic E-state index is 12.0. The number of carbonyl (C=O) groups excluding carboxylic acids is 1. The predicted molar refractivity (Wildman–Crippen MR) is 156 cm³/mol. The standard InChI is InChI=1S/C28H38N6O5S/c1-6-18-7-8-21(37-10-9-29)24(13-18)40-33-26-25-22(36-5)11-19(12-23(25)39-32-26)16-34-17-20(15-31-34)14-30-27(35)38-28(2,3)4/h7-8,11-13,17,31H,6,9-10,14-16,29H2,1-5H3,(H,30,35)(H,32,33). The average molecular weight is 571 g/mol. The van der Waals surface area contributed by atoms with E-state index in [1.165, 1.54) is 17.5 Å². The topological polar surface area (TPSA) is 136 Å². The Hall–Kier alpha value is -3.61. The largest absolute Gasteiger partial charge is 0.496 e. The van der Waals surface area contributed by atoms with Crippen LogP contribution in [0.2, 0.25) is 0 Å². The lowest BCUT2D eigenvalue weighted by Gasteiger charge is -2.19. The van der Waals surface area contributed by atoms with Gasteiger partial charge in [0.2, 0.25) is 0 Å². The van der Waals surface area contributed by atoms with Crippen LogP contribution < -0.4 is 30.7 Å². The zero-order valence-electron chi connectivity index (χ0n) is 23.6. The molecule has 40 heavy (non-hydrogen) atoms. The number of aromatic nitrogens is 1. The Balaban J connectivity index is 1.43. The van der Waals surface area contributed by atoms with Gasteiger partial charge in [-0.15, -0.1) is 0 Å². The van der Waals surface area contributed by atoms with Gasteiger partial charge in [0.1, 0.15) is 29.1 Å². The Morgan fingerprint density at radius 1 is 1.23 bits per heavy atom. The van der Waals surface area contributed by atoms with Gasteiger partial charge in [-0.25, -0.2) is 10.2 Å². The molecule has 1 amide bonds. The van der Waals surface area contributed by atoms with Crippen LogP contribution in [0.1, 0.15) is 38.8 Å². The Morgan fingerprint density at radius 2 is 2.05 bits per heavy atom. The van der Waals surface area contributed by atoms with E-state index in [9.17, 15) is 4.79 Å². The highest BCUT2D eigenvalue weighted by molar-refractivity contribution is 8.00. The predicted octanol–water partition coefficient (Wildman–Crippen LogP) is 4.58. The van der Waals surface area contributed by atoms with Crippen LogP contribution in [0.5, 0.6) is 11.5 Å². The number of methoxy groups -OCH3 is 1. The third kappa shape index (κ3) is 7.74. The highest BCUT2D eigenvalue weighted by Crippen LogP contribution is 2.38. The fourth-order valence-corrected chi connectivity index (χ4v) is 4.86. The van der Waals surface area contributed by atoms with Gasteiger partial charge >= 0.3 is 6.09 Å². The quantitative estimate of drug-likeness (QED) is 0.228. The van der Waals surface area contributed by atoms with Crippen molar-refractivity contribution in [2.45, 2.75) is 51.2 Å². The number of rotatable bonds is 12. The number of nitrogens with two attached hydrogens (primary N) is 1. The molecule has 1 aliphatic rings. The van der Waals surface area contributed by atoms with Crippen LogP contribution in [0.15, 0.2) is 51.5 Å². The first-order chi connectivity index (χ1) is 19.2. The Bertz CT molecular complexity index is 1350. The van der Waals surface area contributed by atoms with Crippen molar-refractivity contribution in [3.63, 3.8) is 0 Å². The lowest BCUT2D eigenvalue weighted by Crippen LogP contribution is -2.34. The number of nitrogens with one attached hydrogen (secondary N) is 3. The van der Waals surface area contributed by atoms with Gasteiger partial charge in [0.05, 0.1) is 18.6 Å². The summed E-state index contributed by atoms with van der Waals surface area (Å²) in [6.45, 7) is 10.1. The first-order valence-corrected chi connectivity index (χ1v) is 14.0. The number of aryl methyl sites for hydroxylation is 1. The maximum atomic E-state index is 12.0. The van der Waals surface area contributed by atoms with Gasteiger partial charge < -0.3 is 39.5 Å². The monoisotopic (exact) mass is 570 g/mol. The molecule has 4 rings (SSSR count). The van der Waals surface area contributed by atoms with Gasteiger partial charge in [0, 0.05) is 25.8 Å². The molecular weight excluding hydrogens is 532 g/mol. The third-order valence-electron chi connectivity index (χ3n) is 5.93. The van der Waals surface area contributed by atoms with E-state index < -0.39 is 11.7 Å². The summed E-state index contributed by atoms with van der Waals surface area (Å²) in [7, 11) is 1.63. The minimum Gasteiger partial charge on any atom is -0.496 e. The second kappa shape index (κ2) is 13.2. The van der Waals surface area contributed by atoms with Crippen molar-refractivity contribution >= 4 is 34.8 Å². The second-order valence-electron chi connectivity index (χ2n) is 10.3. The molecule has 0 fully saturated rings. The van der Waals surface area contributed by atoms with Crippen molar-refractivity contribution in [3.8, 4) is 11.5 Å². The maximum Gasteiger partial charge on any atom is 0.407 e. The summed E-state index contributed by atoms with van der Waals surface area (Å²) in [5.74, 6) is 1.97. The smallest absolute Gasteiger partial charge is 0.407 e. The molecule has 0 radical (unpaired) electrons. The molecule has 0 saturated carbocycles. The summed E-state index contributed by atoms with van der Waals surface area (Å²) in [5.41, 5.74) is 12.2. The van der Waals surface area contributed by atoms with Crippen LogP contribution in [0.3, 0.4) is 0 Å². The number of benzene rings is 2. The average Bonchev–Trinajstić information content (AvgIpc) is 3.55. The summed E-state index contributed by atoms with van der Waals surface area (Å²) in [6, 6.07) is 10.0. The molecule has 1 aromatic heterocycles. The van der Waals surface area contributed by atoms with E-state index in [0.717, 1.165) is 33.6 Å². The van der Waals surface area contributed by atoms with Gasteiger partial charge in [0.25, 0.3) is 0 Å². The van der Waals surface area contributed by atoms with Crippen molar-refractivity contribution in [1.82, 2.24) is 20.9 Å². The minimum atomic E-state index is -0.535. The van der Waals surface area contributed by atoms with Crippen molar-refractivity contribution in [2.75, 3.05) is 38.1 Å². The number of hydrazine groups is 1. The number of nitrogens with zero attached hydrogens (tertiary/aromatic N) is 2. The number of ether oxygens (including phenoxy) is 3. The molecule has 0 aliphatic carbocycles. The van der Waals surface area contributed by atoms with E-state index in [4.69, 9.17) is 24.5 Å². The number of alkyl carbamates (subject to hydrolysis) is 1. The number of carbonyl (C=O) groups is 1. The minimum absolute atomic E-state index is 0.399. The van der Waals surface area contributed by atoms with E-state index in [2.05, 4.69) is 39.7 Å². The van der Waals surface area contributed by atoms with E-state index in [0.29, 0.717) is 49.9 Å². The molecule has 0 unspecified atom stereocenters. The van der Waals surface area contributed by atoms with Gasteiger partial charge in [-0.05, 0) is 80.1 Å². The highest BCUT2D eigenvalue weighted by Gasteiger charge is 2.20. The summed E-state index contributed by atoms with van der Waals surface area (Å²) < 4.78 is 25.8. The van der Waals surface area contributed by atoms with E-state index in [1.54, 1.807) is 7.11 Å². The van der Waals surface area contributed by atoms with Crippen molar-refractivity contribution in [3.05, 3.63) is 53.2 Å². The molecule has 5 N–H and O–H groups in total. The van der Waals surface area contributed by atoms with Gasteiger partial charge in [-0.2, -0.15) is 0 Å². The van der Waals surface area contributed by atoms with Crippen LogP contribution in [0, 0.1) is 0 Å². The van der Waals surface area contributed by atoms with Crippen molar-refractivity contribution in [2.24, 2.45) is 5.73 Å². The van der Waals surface area contributed by atoms with Crippen LogP contribution in [0.4, 0.5) is 10.6 Å². The fourth-order valence-electron chi connectivity index (χ4n) is 4.08. The third-order valence-corrected chi connectivity index (χ3v) is 6.76. The Kier molecular flexibility index (Phi) is 9.67. The SMILES string of the molecule is CCc1ccc(OCCN)c(SNc2noc3cc(CN4C=C(CNC(=O)OC(C)(C)C)CN4)cc(OC)c23)c1. The molecule has 3 aromatic rings. The number of hydrogen-bond acceptors (Lipinski definition) is 11. The first kappa shape index (κ1) is 29.4. The number of hydrogen-bond donors (Lipinski definition) is 4. The molecule has 11 nitrogen and oxygen atoms in total. The van der Waals surface area contributed by atoms with E-state index in [-0.39, 0.29) is 0 Å². The normalized spacial score (nSPS) is 13.3. The molecule has 0 bridgehead atoms. The van der Waals surface area contributed by atoms with Crippen LogP contribution >= 0.6 is 11.9 Å². The fraction of sp³-hybridized carbons (Fsp3) is 0.429. The van der Waals surface area contributed by atoms with Crippen LogP contribution in [-0.4, -0.2) is 55.2 Å². The number of amides is 1. The molecule has 0 atom stereocenters. The highest BCUT2D eigenvalue weighted by atomic mass is 32.2. The lowest BCUT2D eigenvalue weighted by atomic mass is 10.1. The zero-order chi connectivity index (χ0) is 28.7. The number of fused-ring (bicyclic) bond motifs is 1. The molecule has 2 aromatic carbocycles. The van der Waals surface area contributed by atoms with Gasteiger partial charge in [0.15, 0.2) is 11.4 Å². The van der Waals surface area contributed by atoms with E-state index >= 15 is 0 Å². The second-order valence-corrected chi connectivity index (χ2v) is 11.1. The first-order valence-electron chi connectivity index (χ1n) is 13.2. The summed E-state index contributed by atoms with van der Waals surface area (Å²) in [5, 5.41) is 9.77. The molecular formula is C28H38N6O5S. The van der Waals surface area contributed by atoms with Crippen molar-refractivity contribution < 1.29 is 23.5 Å². The van der Waals surface area contributed by atoms with Gasteiger partial charge in [-0.3, -0.25) is 0 Å². The number of anilines is 1. The van der Waals surface area contributed by atoms with E-state index in [1.807, 2.05) is 50.2 Å².